The molecule has 4 aromatic rings. The highest BCUT2D eigenvalue weighted by Crippen LogP contribution is 2.15. The minimum Gasteiger partial charge on any atom is -0.497 e. The molecule has 10 heteroatoms. The molecule has 0 radical (unpaired) electrons. The first-order valence-electron chi connectivity index (χ1n) is 10.0. The van der Waals surface area contributed by atoms with Gasteiger partial charge in [0.05, 0.1) is 18.0 Å². The molecule has 2 heterocycles. The quantitative estimate of drug-likeness (QED) is 0.289. The van der Waals surface area contributed by atoms with Crippen LogP contribution in [0.1, 0.15) is 11.4 Å². The van der Waals surface area contributed by atoms with Gasteiger partial charge in [-0.2, -0.15) is 11.3 Å². The van der Waals surface area contributed by atoms with Crippen molar-refractivity contribution in [2.75, 3.05) is 12.4 Å². The Kier molecular flexibility index (Phi) is 6.96. The molecular weight excluding hydrogens is 458 g/mol. The number of carbonyl (C=O) groups excluding carboxylic acids is 1. The zero-order valence-electron chi connectivity index (χ0n) is 17.7. The smallest absolute Gasteiger partial charge is 0.261 e. The van der Waals surface area contributed by atoms with Crippen LogP contribution in [0, 0.1) is 0 Å². The van der Waals surface area contributed by atoms with Gasteiger partial charge in [-0.1, -0.05) is 12.1 Å². The Bertz CT molecular complexity index is 1330. The molecule has 168 valence electrons. The first kappa shape index (κ1) is 22.4. The molecule has 0 unspecified atom stereocenters. The van der Waals surface area contributed by atoms with Gasteiger partial charge in [0, 0.05) is 12.1 Å². The van der Waals surface area contributed by atoms with E-state index in [2.05, 4.69) is 21.2 Å². The van der Waals surface area contributed by atoms with Crippen LogP contribution in [0.25, 0.3) is 10.9 Å². The maximum absolute atomic E-state index is 13.1. The number of benzene rings is 2. The van der Waals surface area contributed by atoms with E-state index in [1.165, 1.54) is 4.57 Å². The van der Waals surface area contributed by atoms with Crippen molar-refractivity contribution in [3.8, 4) is 5.75 Å². The van der Waals surface area contributed by atoms with Gasteiger partial charge in [-0.15, -0.1) is 0 Å². The fraction of sp³-hybridized carbons (Fsp3) is 0.130. The van der Waals surface area contributed by atoms with Crippen LogP contribution >= 0.6 is 23.6 Å². The zero-order valence-corrected chi connectivity index (χ0v) is 19.3. The summed E-state index contributed by atoms with van der Waals surface area (Å²) in [5, 5.41) is 7.59. The predicted molar refractivity (Wildman–Crippen MR) is 134 cm³/mol. The van der Waals surface area contributed by atoms with Crippen LogP contribution in [0.5, 0.6) is 5.75 Å². The third kappa shape index (κ3) is 5.54. The summed E-state index contributed by atoms with van der Waals surface area (Å²) in [5.74, 6) is 0.811. The summed E-state index contributed by atoms with van der Waals surface area (Å²) >= 11 is 6.79. The average molecular weight is 480 g/mol. The van der Waals surface area contributed by atoms with Gasteiger partial charge in [0.1, 0.15) is 18.1 Å². The lowest BCUT2D eigenvalue weighted by atomic mass is 10.2. The van der Waals surface area contributed by atoms with Gasteiger partial charge in [-0.05, 0) is 71.0 Å². The standard InChI is InChI=1S/C23H21N5O3S2/c1-31-17-8-6-16(7-9-17)24-23(32)27-26-21(29)13-28-20(12-15-10-11-33-14-15)25-19-5-3-2-4-18(19)22(28)30/h2-11,14H,12-13H2,1H3,(H,26,29)(H2,24,27,32). The summed E-state index contributed by atoms with van der Waals surface area (Å²) < 4.78 is 6.52. The third-order valence-electron chi connectivity index (χ3n) is 4.85. The number of rotatable bonds is 6. The van der Waals surface area contributed by atoms with Crippen LogP contribution < -0.4 is 26.5 Å². The van der Waals surface area contributed by atoms with Crippen molar-refractivity contribution >= 4 is 51.2 Å². The molecule has 0 saturated heterocycles. The van der Waals surface area contributed by atoms with Crippen molar-refractivity contribution in [1.29, 1.82) is 0 Å². The van der Waals surface area contributed by atoms with Crippen LogP contribution in [0.3, 0.4) is 0 Å². The number of carbonyl (C=O) groups is 1. The molecule has 0 atom stereocenters. The summed E-state index contributed by atoms with van der Waals surface area (Å²) in [6, 6.07) is 16.3. The minimum absolute atomic E-state index is 0.200. The molecule has 2 aromatic carbocycles. The largest absolute Gasteiger partial charge is 0.497 e. The van der Waals surface area contributed by atoms with E-state index in [0.29, 0.717) is 23.1 Å². The molecule has 4 rings (SSSR count). The lowest BCUT2D eigenvalue weighted by Gasteiger charge is -2.15. The SMILES string of the molecule is COc1ccc(NC(=S)NNC(=O)Cn2c(Cc3ccsc3)nc3ccccc3c2=O)cc1. The Morgan fingerprint density at radius 1 is 1.12 bits per heavy atom. The molecule has 33 heavy (non-hydrogen) atoms. The van der Waals surface area contributed by atoms with Crippen molar-refractivity contribution in [1.82, 2.24) is 20.4 Å². The number of para-hydroxylation sites is 1. The summed E-state index contributed by atoms with van der Waals surface area (Å²) in [6.07, 6.45) is 0.446. The molecule has 1 amide bonds. The first-order chi connectivity index (χ1) is 16.0. The number of thiophene rings is 1. The van der Waals surface area contributed by atoms with Crippen molar-refractivity contribution in [2.24, 2.45) is 0 Å². The number of nitrogens with zero attached hydrogens (tertiary/aromatic N) is 2. The van der Waals surface area contributed by atoms with E-state index >= 15 is 0 Å². The highest BCUT2D eigenvalue weighted by molar-refractivity contribution is 7.80. The average Bonchev–Trinajstić information content (AvgIpc) is 3.34. The number of hydrogen-bond acceptors (Lipinski definition) is 6. The Labute approximate surface area is 199 Å². The topological polar surface area (TPSA) is 97.3 Å². The number of anilines is 1. The van der Waals surface area contributed by atoms with Crippen LogP contribution in [-0.2, 0) is 17.8 Å². The predicted octanol–water partition coefficient (Wildman–Crippen LogP) is 3.08. The van der Waals surface area contributed by atoms with E-state index in [9.17, 15) is 9.59 Å². The molecule has 2 aromatic heterocycles. The number of nitrogens with one attached hydrogen (secondary N) is 3. The minimum atomic E-state index is -0.431. The van der Waals surface area contributed by atoms with Gasteiger partial charge in [-0.25, -0.2) is 4.98 Å². The summed E-state index contributed by atoms with van der Waals surface area (Å²) in [7, 11) is 1.59. The normalized spacial score (nSPS) is 10.6. The van der Waals surface area contributed by atoms with Crippen LogP contribution in [0.4, 0.5) is 5.69 Å². The molecule has 3 N–H and O–H groups in total. The second-order valence-corrected chi connectivity index (χ2v) is 8.29. The van der Waals surface area contributed by atoms with E-state index in [1.807, 2.05) is 22.9 Å². The highest BCUT2D eigenvalue weighted by Gasteiger charge is 2.15. The summed E-state index contributed by atoms with van der Waals surface area (Å²) in [4.78, 5) is 30.4. The number of amides is 1. The van der Waals surface area contributed by atoms with Crippen molar-refractivity contribution in [3.05, 3.63) is 87.1 Å². The van der Waals surface area contributed by atoms with E-state index in [1.54, 1.807) is 60.9 Å². The highest BCUT2D eigenvalue weighted by atomic mass is 32.1. The molecule has 0 aliphatic carbocycles. The van der Waals surface area contributed by atoms with Gasteiger partial charge in [0.15, 0.2) is 5.11 Å². The van der Waals surface area contributed by atoms with E-state index in [4.69, 9.17) is 17.0 Å². The van der Waals surface area contributed by atoms with E-state index in [-0.39, 0.29) is 17.2 Å². The molecule has 0 aliphatic rings. The Balaban J connectivity index is 1.46. The number of thiocarbonyl (C=S) groups is 1. The first-order valence-corrected chi connectivity index (χ1v) is 11.4. The van der Waals surface area contributed by atoms with Crippen LogP contribution in [0.15, 0.2) is 70.2 Å². The van der Waals surface area contributed by atoms with E-state index in [0.717, 1.165) is 17.0 Å². The summed E-state index contributed by atoms with van der Waals surface area (Å²) in [6.45, 7) is -0.200. The second-order valence-electron chi connectivity index (χ2n) is 7.10. The lowest BCUT2D eigenvalue weighted by Crippen LogP contribution is -2.46. The van der Waals surface area contributed by atoms with Crippen molar-refractivity contribution < 1.29 is 9.53 Å². The molecule has 8 nitrogen and oxygen atoms in total. The molecule has 0 saturated carbocycles. The Hall–Kier alpha value is -3.76. The molecular formula is C23H21N5O3S2. The molecule has 0 aliphatic heterocycles. The molecule has 0 bridgehead atoms. The van der Waals surface area contributed by atoms with Crippen molar-refractivity contribution in [2.45, 2.75) is 13.0 Å². The molecule has 0 spiro atoms. The third-order valence-corrected chi connectivity index (χ3v) is 5.78. The summed E-state index contributed by atoms with van der Waals surface area (Å²) in [5.41, 5.74) is 7.29. The fourth-order valence-electron chi connectivity index (χ4n) is 3.23. The van der Waals surface area contributed by atoms with Gasteiger partial charge >= 0.3 is 0 Å². The van der Waals surface area contributed by atoms with Gasteiger partial charge < -0.3 is 10.1 Å². The molecule has 0 fully saturated rings. The van der Waals surface area contributed by atoms with Gasteiger partial charge in [0.2, 0.25) is 0 Å². The van der Waals surface area contributed by atoms with Crippen LogP contribution in [0.2, 0.25) is 0 Å². The second kappa shape index (κ2) is 10.2. The Morgan fingerprint density at radius 3 is 2.64 bits per heavy atom. The van der Waals surface area contributed by atoms with Crippen molar-refractivity contribution in [3.63, 3.8) is 0 Å². The maximum atomic E-state index is 13.1. The lowest BCUT2D eigenvalue weighted by molar-refractivity contribution is -0.122. The van der Waals surface area contributed by atoms with Crippen LogP contribution in [-0.4, -0.2) is 27.7 Å². The number of fused-ring (bicyclic) bond motifs is 1. The fourth-order valence-corrected chi connectivity index (χ4v) is 4.07. The monoisotopic (exact) mass is 479 g/mol. The zero-order chi connectivity index (χ0) is 23.2. The number of ether oxygens (including phenoxy) is 1. The van der Waals surface area contributed by atoms with E-state index < -0.39 is 5.91 Å². The number of methoxy groups -OCH3 is 1. The number of hydrazine groups is 1. The number of hydrogen-bond donors (Lipinski definition) is 3. The maximum Gasteiger partial charge on any atom is 0.261 e. The Morgan fingerprint density at radius 2 is 1.91 bits per heavy atom. The van der Waals surface area contributed by atoms with Gasteiger partial charge in [0.25, 0.3) is 11.5 Å². The van der Waals surface area contributed by atoms with Gasteiger partial charge in [-0.3, -0.25) is 25.0 Å². The number of aromatic nitrogens is 2.